The SMILES string of the molecule is COc1ccc(C(=O)NNC(=O)c2nn(Cc3ccccc3)c(=O)c3ccccc23)cc1[N+](=O)[O-]. The molecule has 3 aromatic carbocycles. The molecule has 4 rings (SSSR count). The molecule has 0 saturated heterocycles. The molecule has 0 fully saturated rings. The lowest BCUT2D eigenvalue weighted by molar-refractivity contribution is -0.385. The molecule has 0 aliphatic carbocycles. The van der Waals surface area contributed by atoms with Crippen LogP contribution in [0.15, 0.2) is 77.6 Å². The lowest BCUT2D eigenvalue weighted by Gasteiger charge is -2.12. The van der Waals surface area contributed by atoms with E-state index >= 15 is 0 Å². The van der Waals surface area contributed by atoms with Gasteiger partial charge in [0.15, 0.2) is 11.4 Å². The minimum absolute atomic E-state index is 0.00747. The zero-order valence-electron chi connectivity index (χ0n) is 18.4. The number of methoxy groups -OCH3 is 1. The molecule has 1 heterocycles. The number of hydrogen-bond donors (Lipinski definition) is 2. The van der Waals surface area contributed by atoms with Crippen molar-refractivity contribution >= 4 is 28.3 Å². The predicted molar refractivity (Wildman–Crippen MR) is 126 cm³/mol. The predicted octanol–water partition coefficient (Wildman–Crippen LogP) is 2.44. The van der Waals surface area contributed by atoms with E-state index < -0.39 is 22.4 Å². The molecule has 0 spiro atoms. The summed E-state index contributed by atoms with van der Waals surface area (Å²) in [6.45, 7) is 0.145. The van der Waals surface area contributed by atoms with Crippen molar-refractivity contribution in [3.05, 3.63) is 110 Å². The number of benzene rings is 3. The maximum absolute atomic E-state index is 13.0. The molecule has 11 nitrogen and oxygen atoms in total. The fourth-order valence-electron chi connectivity index (χ4n) is 3.49. The number of aromatic nitrogens is 2. The number of fused-ring (bicyclic) bond motifs is 1. The number of carbonyl (C=O) groups excluding carboxylic acids is 2. The summed E-state index contributed by atoms with van der Waals surface area (Å²) in [4.78, 5) is 48.9. The summed E-state index contributed by atoms with van der Waals surface area (Å²) < 4.78 is 6.10. The molecular formula is C24H19N5O6. The zero-order chi connectivity index (χ0) is 24.9. The largest absolute Gasteiger partial charge is 0.490 e. The van der Waals surface area contributed by atoms with Gasteiger partial charge in [-0.25, -0.2) is 4.68 Å². The summed E-state index contributed by atoms with van der Waals surface area (Å²) in [5, 5.41) is 16.1. The minimum atomic E-state index is -0.786. The number of hydrogen-bond acceptors (Lipinski definition) is 7. The Bertz CT molecular complexity index is 1500. The quantitative estimate of drug-likeness (QED) is 0.323. The average Bonchev–Trinajstić information content (AvgIpc) is 2.88. The van der Waals surface area contributed by atoms with E-state index in [2.05, 4.69) is 16.0 Å². The van der Waals surface area contributed by atoms with Gasteiger partial charge in [0.05, 0.1) is 24.0 Å². The van der Waals surface area contributed by atoms with Crippen LogP contribution in [-0.4, -0.2) is 33.6 Å². The van der Waals surface area contributed by atoms with E-state index in [-0.39, 0.29) is 29.1 Å². The van der Waals surface area contributed by atoms with Crippen LogP contribution in [0.1, 0.15) is 26.4 Å². The van der Waals surface area contributed by atoms with Gasteiger partial charge >= 0.3 is 5.69 Å². The first-order valence-corrected chi connectivity index (χ1v) is 10.4. The molecule has 2 N–H and O–H groups in total. The summed E-state index contributed by atoms with van der Waals surface area (Å²) in [6.07, 6.45) is 0. The summed E-state index contributed by atoms with van der Waals surface area (Å²) in [5.74, 6) is -1.56. The van der Waals surface area contributed by atoms with Crippen molar-refractivity contribution in [1.82, 2.24) is 20.6 Å². The summed E-state index contributed by atoms with van der Waals surface area (Å²) in [6, 6.07) is 19.3. The number of nitro groups is 1. The molecule has 35 heavy (non-hydrogen) atoms. The van der Waals surface area contributed by atoms with E-state index in [4.69, 9.17) is 4.74 Å². The van der Waals surface area contributed by atoms with E-state index in [9.17, 15) is 24.5 Å². The van der Waals surface area contributed by atoms with Crippen LogP contribution in [0.25, 0.3) is 10.8 Å². The van der Waals surface area contributed by atoms with Gasteiger partial charge in [0.25, 0.3) is 17.4 Å². The second-order valence-electron chi connectivity index (χ2n) is 7.39. The van der Waals surface area contributed by atoms with Crippen LogP contribution in [-0.2, 0) is 6.54 Å². The summed E-state index contributed by atoms with van der Waals surface area (Å²) in [7, 11) is 1.27. The molecule has 0 aliphatic heterocycles. The molecule has 4 aromatic rings. The van der Waals surface area contributed by atoms with E-state index in [1.807, 2.05) is 30.3 Å². The van der Waals surface area contributed by atoms with Crippen molar-refractivity contribution in [2.45, 2.75) is 6.54 Å². The lowest BCUT2D eigenvalue weighted by atomic mass is 10.1. The number of ether oxygens (including phenoxy) is 1. The molecule has 0 unspecified atom stereocenters. The smallest absolute Gasteiger partial charge is 0.311 e. The van der Waals surface area contributed by atoms with Crippen LogP contribution < -0.4 is 21.1 Å². The Kier molecular flexibility index (Phi) is 6.49. The van der Waals surface area contributed by atoms with E-state index in [0.717, 1.165) is 11.6 Å². The number of amides is 2. The van der Waals surface area contributed by atoms with Crippen LogP contribution in [0.2, 0.25) is 0 Å². The Morgan fingerprint density at radius 3 is 2.31 bits per heavy atom. The van der Waals surface area contributed by atoms with E-state index in [1.54, 1.807) is 24.3 Å². The third-order valence-corrected chi connectivity index (χ3v) is 5.19. The van der Waals surface area contributed by atoms with Gasteiger partial charge in [-0.1, -0.05) is 48.5 Å². The molecule has 0 saturated carbocycles. The molecule has 176 valence electrons. The molecule has 11 heteroatoms. The molecule has 0 atom stereocenters. The standard InChI is InChI=1S/C24H19N5O6/c1-35-20-12-11-16(13-19(20)29(33)34)22(30)25-26-23(31)21-17-9-5-6-10-18(17)24(32)28(27-21)14-15-7-3-2-4-8-15/h2-13H,14H2,1H3,(H,25,30)(H,26,31). The second kappa shape index (κ2) is 9.83. The monoisotopic (exact) mass is 473 g/mol. The molecule has 2 amide bonds. The molecular weight excluding hydrogens is 454 g/mol. The van der Waals surface area contributed by atoms with Gasteiger partial charge in [-0.05, 0) is 23.8 Å². The highest BCUT2D eigenvalue weighted by Crippen LogP contribution is 2.27. The summed E-state index contributed by atoms with van der Waals surface area (Å²) >= 11 is 0. The number of rotatable bonds is 6. The Morgan fingerprint density at radius 1 is 0.971 bits per heavy atom. The van der Waals surface area contributed by atoms with Crippen LogP contribution in [0.4, 0.5) is 5.69 Å². The highest BCUT2D eigenvalue weighted by atomic mass is 16.6. The fraction of sp³-hybridized carbons (Fsp3) is 0.0833. The van der Waals surface area contributed by atoms with Crippen LogP contribution in [0.5, 0.6) is 5.75 Å². The van der Waals surface area contributed by atoms with Crippen molar-refractivity contribution in [3.8, 4) is 5.75 Å². The molecule has 0 bridgehead atoms. The lowest BCUT2D eigenvalue weighted by Crippen LogP contribution is -2.42. The number of nitrogens with zero attached hydrogens (tertiary/aromatic N) is 3. The van der Waals surface area contributed by atoms with Gasteiger partial charge in [-0.3, -0.25) is 35.3 Å². The third kappa shape index (κ3) is 4.83. The van der Waals surface area contributed by atoms with Gasteiger partial charge in [-0.2, -0.15) is 5.10 Å². The van der Waals surface area contributed by atoms with Crippen molar-refractivity contribution in [1.29, 1.82) is 0 Å². The maximum Gasteiger partial charge on any atom is 0.311 e. The zero-order valence-corrected chi connectivity index (χ0v) is 18.4. The Hall–Kier alpha value is -5.06. The van der Waals surface area contributed by atoms with Crippen molar-refractivity contribution in [2.75, 3.05) is 7.11 Å². The Balaban J connectivity index is 1.61. The normalized spacial score (nSPS) is 10.5. The van der Waals surface area contributed by atoms with E-state index in [1.165, 1.54) is 23.9 Å². The fourth-order valence-corrected chi connectivity index (χ4v) is 3.49. The molecule has 1 aromatic heterocycles. The average molecular weight is 473 g/mol. The van der Waals surface area contributed by atoms with Gasteiger partial charge in [0.1, 0.15) is 0 Å². The van der Waals surface area contributed by atoms with Gasteiger partial charge in [0.2, 0.25) is 0 Å². The summed E-state index contributed by atoms with van der Waals surface area (Å²) in [5.41, 5.74) is 4.40. The van der Waals surface area contributed by atoms with Crippen molar-refractivity contribution in [2.24, 2.45) is 0 Å². The first-order valence-electron chi connectivity index (χ1n) is 10.4. The Morgan fingerprint density at radius 2 is 1.63 bits per heavy atom. The second-order valence-corrected chi connectivity index (χ2v) is 7.39. The van der Waals surface area contributed by atoms with Crippen LogP contribution in [0, 0.1) is 10.1 Å². The minimum Gasteiger partial charge on any atom is -0.490 e. The number of nitro benzene ring substituents is 1. The van der Waals surface area contributed by atoms with Gasteiger partial charge in [-0.15, -0.1) is 0 Å². The number of hydrazine groups is 1. The third-order valence-electron chi connectivity index (χ3n) is 5.19. The topological polar surface area (TPSA) is 145 Å². The molecule has 0 radical (unpaired) electrons. The number of carbonyl (C=O) groups is 2. The van der Waals surface area contributed by atoms with Crippen molar-refractivity contribution < 1.29 is 19.2 Å². The molecule has 0 aliphatic rings. The van der Waals surface area contributed by atoms with Crippen molar-refractivity contribution in [3.63, 3.8) is 0 Å². The maximum atomic E-state index is 13.0. The van der Waals surface area contributed by atoms with Gasteiger partial charge in [0, 0.05) is 17.0 Å². The van der Waals surface area contributed by atoms with E-state index in [0.29, 0.717) is 10.8 Å². The Labute approximate surface area is 198 Å². The number of nitrogens with one attached hydrogen (secondary N) is 2. The highest BCUT2D eigenvalue weighted by molar-refractivity contribution is 6.06. The van der Waals surface area contributed by atoms with Crippen LogP contribution in [0.3, 0.4) is 0 Å². The first-order chi connectivity index (χ1) is 16.9. The van der Waals surface area contributed by atoms with Crippen LogP contribution >= 0.6 is 0 Å². The highest BCUT2D eigenvalue weighted by Gasteiger charge is 2.20. The first kappa shape index (κ1) is 23.1. The van der Waals surface area contributed by atoms with Gasteiger partial charge < -0.3 is 4.74 Å².